The molecule has 2 aromatic rings. The summed E-state index contributed by atoms with van der Waals surface area (Å²) in [4.78, 5) is 5.97. The molecule has 0 saturated carbocycles. The van der Waals surface area contributed by atoms with E-state index in [2.05, 4.69) is 44.2 Å². The van der Waals surface area contributed by atoms with Crippen molar-refractivity contribution >= 4 is 17.3 Å². The minimum absolute atomic E-state index is 0.488. The van der Waals surface area contributed by atoms with Crippen LogP contribution >= 0.6 is 11.3 Å². The number of hydrogen-bond acceptors (Lipinski definition) is 5. The summed E-state index contributed by atoms with van der Waals surface area (Å²) in [6, 6.07) is 2.14. The fourth-order valence-electron chi connectivity index (χ4n) is 2.19. The zero-order valence-electron chi connectivity index (χ0n) is 15.5. The van der Waals surface area contributed by atoms with Crippen LogP contribution in [0.25, 0.3) is 0 Å². The largest absolute Gasteiger partial charge is 0.382 e. The molecule has 0 aliphatic heterocycles. The molecule has 0 aliphatic rings. The van der Waals surface area contributed by atoms with Gasteiger partial charge in [0.25, 0.3) is 0 Å². The molecule has 2 heterocycles. The molecule has 0 saturated heterocycles. The van der Waals surface area contributed by atoms with Gasteiger partial charge in [0, 0.05) is 31.7 Å². The van der Waals surface area contributed by atoms with Crippen LogP contribution in [0.3, 0.4) is 0 Å². The SMILES string of the molecule is CCOCCCNC(=NCc1nnc(C)n1C)NCc1sccc1C. The van der Waals surface area contributed by atoms with Gasteiger partial charge in [-0.2, -0.15) is 0 Å². The van der Waals surface area contributed by atoms with Gasteiger partial charge in [0.15, 0.2) is 11.8 Å². The maximum Gasteiger partial charge on any atom is 0.192 e. The highest BCUT2D eigenvalue weighted by Crippen LogP contribution is 2.14. The third-order valence-electron chi connectivity index (χ3n) is 3.91. The molecule has 2 rings (SSSR count). The van der Waals surface area contributed by atoms with E-state index in [1.807, 2.05) is 25.5 Å². The lowest BCUT2D eigenvalue weighted by atomic mass is 10.3. The number of ether oxygens (including phenoxy) is 1. The van der Waals surface area contributed by atoms with Crippen molar-refractivity contribution in [2.45, 2.75) is 40.3 Å². The van der Waals surface area contributed by atoms with Crippen molar-refractivity contribution < 1.29 is 4.74 Å². The third-order valence-corrected chi connectivity index (χ3v) is 4.93. The molecule has 0 unspecified atom stereocenters. The summed E-state index contributed by atoms with van der Waals surface area (Å²) < 4.78 is 7.34. The first-order valence-electron chi connectivity index (χ1n) is 8.59. The van der Waals surface area contributed by atoms with E-state index in [0.717, 1.165) is 50.3 Å². The molecular weight excluding hydrogens is 336 g/mol. The second-order valence-corrected chi connectivity index (χ2v) is 6.75. The predicted octanol–water partition coefficient (Wildman–Crippen LogP) is 2.16. The molecule has 0 fully saturated rings. The first-order valence-corrected chi connectivity index (χ1v) is 9.47. The van der Waals surface area contributed by atoms with Crippen LogP contribution < -0.4 is 10.6 Å². The van der Waals surface area contributed by atoms with Gasteiger partial charge in [0.2, 0.25) is 0 Å². The number of hydrogen-bond donors (Lipinski definition) is 2. The fourth-order valence-corrected chi connectivity index (χ4v) is 3.03. The Labute approximate surface area is 153 Å². The minimum Gasteiger partial charge on any atom is -0.382 e. The van der Waals surface area contributed by atoms with Crippen molar-refractivity contribution in [1.82, 2.24) is 25.4 Å². The van der Waals surface area contributed by atoms with Gasteiger partial charge >= 0.3 is 0 Å². The van der Waals surface area contributed by atoms with Crippen molar-refractivity contribution in [3.8, 4) is 0 Å². The Hall–Kier alpha value is -1.93. The first-order chi connectivity index (χ1) is 12.1. The summed E-state index contributed by atoms with van der Waals surface area (Å²) in [5.74, 6) is 2.52. The molecule has 138 valence electrons. The first kappa shape index (κ1) is 19.4. The van der Waals surface area contributed by atoms with Crippen LogP contribution in [0.15, 0.2) is 16.4 Å². The van der Waals surface area contributed by atoms with Crippen molar-refractivity contribution in [2.75, 3.05) is 19.8 Å². The van der Waals surface area contributed by atoms with E-state index in [1.165, 1.54) is 10.4 Å². The minimum atomic E-state index is 0.488. The Kier molecular flexibility index (Phi) is 7.87. The average Bonchev–Trinajstić information content (AvgIpc) is 3.16. The highest BCUT2D eigenvalue weighted by atomic mass is 32.1. The maximum absolute atomic E-state index is 5.38. The van der Waals surface area contributed by atoms with Crippen LogP contribution in [0.2, 0.25) is 0 Å². The number of rotatable bonds is 9. The van der Waals surface area contributed by atoms with Crippen molar-refractivity contribution in [1.29, 1.82) is 0 Å². The molecule has 0 amide bonds. The van der Waals surface area contributed by atoms with E-state index in [1.54, 1.807) is 11.3 Å². The van der Waals surface area contributed by atoms with Crippen LogP contribution in [-0.2, 0) is 24.9 Å². The van der Waals surface area contributed by atoms with Gasteiger partial charge in [-0.25, -0.2) is 4.99 Å². The molecule has 0 aliphatic carbocycles. The summed E-state index contributed by atoms with van der Waals surface area (Å²) in [6.45, 7) is 9.64. The molecule has 0 spiro atoms. The monoisotopic (exact) mass is 364 g/mol. The number of aromatic nitrogens is 3. The number of thiophene rings is 1. The maximum atomic E-state index is 5.38. The standard InChI is InChI=1S/C17H28N6OS/c1-5-24-9-6-8-18-17(19-11-15-13(2)7-10-25-15)20-12-16-22-21-14(3)23(16)4/h7,10H,5-6,8-9,11-12H2,1-4H3,(H2,18,19,20). The number of aryl methyl sites for hydroxylation is 2. The summed E-state index contributed by atoms with van der Waals surface area (Å²) in [7, 11) is 1.96. The number of aliphatic imine (C=N–C) groups is 1. The topological polar surface area (TPSA) is 76.4 Å². The Bertz CT molecular complexity index is 678. The molecule has 7 nitrogen and oxygen atoms in total. The zero-order valence-corrected chi connectivity index (χ0v) is 16.3. The lowest BCUT2D eigenvalue weighted by molar-refractivity contribution is 0.145. The van der Waals surface area contributed by atoms with Gasteiger partial charge < -0.3 is 19.9 Å². The molecule has 0 radical (unpaired) electrons. The molecule has 25 heavy (non-hydrogen) atoms. The lowest BCUT2D eigenvalue weighted by Gasteiger charge is -2.12. The van der Waals surface area contributed by atoms with Crippen LogP contribution in [0.4, 0.5) is 0 Å². The summed E-state index contributed by atoms with van der Waals surface area (Å²) >= 11 is 1.75. The molecule has 2 aromatic heterocycles. The number of nitrogens with zero attached hydrogens (tertiary/aromatic N) is 4. The Balaban J connectivity index is 1.93. The highest BCUT2D eigenvalue weighted by molar-refractivity contribution is 7.10. The normalized spacial score (nSPS) is 11.8. The smallest absolute Gasteiger partial charge is 0.192 e. The third kappa shape index (κ3) is 6.13. The molecule has 0 atom stereocenters. The van der Waals surface area contributed by atoms with Gasteiger partial charge in [-0.15, -0.1) is 21.5 Å². The van der Waals surface area contributed by atoms with Gasteiger partial charge in [0.05, 0.1) is 6.54 Å². The fraction of sp³-hybridized carbons (Fsp3) is 0.588. The quantitative estimate of drug-likeness (QED) is 0.405. The van der Waals surface area contributed by atoms with Crippen molar-refractivity contribution in [2.24, 2.45) is 12.0 Å². The van der Waals surface area contributed by atoms with Crippen LogP contribution in [-0.4, -0.2) is 40.5 Å². The van der Waals surface area contributed by atoms with Gasteiger partial charge in [0.1, 0.15) is 12.4 Å². The van der Waals surface area contributed by atoms with Crippen LogP contribution in [0.1, 0.15) is 35.4 Å². The number of nitrogens with one attached hydrogen (secondary N) is 2. The van der Waals surface area contributed by atoms with Gasteiger partial charge in [-0.1, -0.05) is 0 Å². The second kappa shape index (κ2) is 10.1. The lowest BCUT2D eigenvalue weighted by Crippen LogP contribution is -2.37. The van der Waals surface area contributed by atoms with Crippen molar-refractivity contribution in [3.05, 3.63) is 33.5 Å². The summed E-state index contributed by atoms with van der Waals surface area (Å²) in [5, 5.41) is 17.1. The van der Waals surface area contributed by atoms with Crippen molar-refractivity contribution in [3.63, 3.8) is 0 Å². The second-order valence-electron chi connectivity index (χ2n) is 5.74. The van der Waals surface area contributed by atoms with Gasteiger partial charge in [-0.05, 0) is 44.2 Å². The highest BCUT2D eigenvalue weighted by Gasteiger charge is 2.06. The zero-order chi connectivity index (χ0) is 18.1. The molecule has 2 N–H and O–H groups in total. The Morgan fingerprint density at radius 3 is 2.80 bits per heavy atom. The van der Waals surface area contributed by atoms with E-state index >= 15 is 0 Å². The molecule has 0 bridgehead atoms. The van der Waals surface area contributed by atoms with Gasteiger partial charge in [-0.3, -0.25) is 0 Å². The molecule has 0 aromatic carbocycles. The Morgan fingerprint density at radius 2 is 2.16 bits per heavy atom. The predicted molar refractivity (Wildman–Crippen MR) is 102 cm³/mol. The van der Waals surface area contributed by atoms with E-state index in [-0.39, 0.29) is 0 Å². The summed E-state index contributed by atoms with van der Waals surface area (Å²) in [5.41, 5.74) is 1.30. The van der Waals surface area contributed by atoms with E-state index in [9.17, 15) is 0 Å². The van der Waals surface area contributed by atoms with E-state index in [0.29, 0.717) is 6.54 Å². The molecule has 8 heteroatoms. The number of guanidine groups is 1. The average molecular weight is 365 g/mol. The van der Waals surface area contributed by atoms with Crippen LogP contribution in [0.5, 0.6) is 0 Å². The van der Waals surface area contributed by atoms with Crippen LogP contribution in [0, 0.1) is 13.8 Å². The summed E-state index contributed by atoms with van der Waals surface area (Å²) in [6.07, 6.45) is 0.940. The van der Waals surface area contributed by atoms with E-state index < -0.39 is 0 Å². The van der Waals surface area contributed by atoms with E-state index in [4.69, 9.17) is 4.74 Å². The Morgan fingerprint density at radius 1 is 1.32 bits per heavy atom. The molecular formula is C17H28N6OS.